The molecule has 1 aromatic heterocycles. The SMILES string of the molecule is CCOC(=O)Nc1ccc(NCc2ccccc2)cn1. The Bertz CT molecular complexity index is 541. The van der Waals surface area contributed by atoms with Crippen molar-refractivity contribution in [3.8, 4) is 0 Å². The molecule has 2 rings (SSSR count). The number of aromatic nitrogens is 1. The number of carbonyl (C=O) groups excluding carboxylic acids is 1. The van der Waals surface area contributed by atoms with E-state index in [4.69, 9.17) is 4.74 Å². The molecular weight excluding hydrogens is 254 g/mol. The van der Waals surface area contributed by atoms with Gasteiger partial charge < -0.3 is 10.1 Å². The van der Waals surface area contributed by atoms with Crippen molar-refractivity contribution in [2.75, 3.05) is 17.2 Å². The van der Waals surface area contributed by atoms with E-state index in [9.17, 15) is 4.79 Å². The Morgan fingerprint density at radius 3 is 2.65 bits per heavy atom. The number of amides is 1. The maximum Gasteiger partial charge on any atom is 0.412 e. The predicted octanol–water partition coefficient (Wildman–Crippen LogP) is 3.26. The zero-order valence-corrected chi connectivity index (χ0v) is 11.3. The van der Waals surface area contributed by atoms with E-state index in [0.29, 0.717) is 12.4 Å². The molecule has 0 aliphatic carbocycles. The van der Waals surface area contributed by atoms with Crippen molar-refractivity contribution in [3.63, 3.8) is 0 Å². The van der Waals surface area contributed by atoms with Crippen molar-refractivity contribution in [2.24, 2.45) is 0 Å². The fraction of sp³-hybridized carbons (Fsp3) is 0.200. The Morgan fingerprint density at radius 2 is 2.00 bits per heavy atom. The maximum atomic E-state index is 11.2. The average molecular weight is 271 g/mol. The summed E-state index contributed by atoms with van der Waals surface area (Å²) in [5, 5.41) is 5.80. The van der Waals surface area contributed by atoms with Gasteiger partial charge in [0.05, 0.1) is 18.5 Å². The van der Waals surface area contributed by atoms with Crippen molar-refractivity contribution in [1.82, 2.24) is 4.98 Å². The van der Waals surface area contributed by atoms with Crippen LogP contribution in [0.1, 0.15) is 12.5 Å². The van der Waals surface area contributed by atoms with Gasteiger partial charge >= 0.3 is 6.09 Å². The van der Waals surface area contributed by atoms with E-state index >= 15 is 0 Å². The van der Waals surface area contributed by atoms with Crippen LogP contribution in [-0.2, 0) is 11.3 Å². The average Bonchev–Trinajstić information content (AvgIpc) is 2.48. The van der Waals surface area contributed by atoms with E-state index in [0.717, 1.165) is 12.2 Å². The van der Waals surface area contributed by atoms with Gasteiger partial charge in [-0.15, -0.1) is 0 Å². The largest absolute Gasteiger partial charge is 0.450 e. The first-order chi connectivity index (χ1) is 9.78. The Kier molecular flexibility index (Phi) is 4.94. The number of ether oxygens (including phenoxy) is 1. The van der Waals surface area contributed by atoms with Gasteiger partial charge in [-0.05, 0) is 24.6 Å². The molecule has 5 heteroatoms. The highest BCUT2D eigenvalue weighted by Crippen LogP contribution is 2.11. The fourth-order valence-corrected chi connectivity index (χ4v) is 1.64. The van der Waals surface area contributed by atoms with Gasteiger partial charge in [0.25, 0.3) is 0 Å². The minimum absolute atomic E-state index is 0.336. The molecule has 2 aromatic rings. The van der Waals surface area contributed by atoms with E-state index in [-0.39, 0.29) is 0 Å². The first-order valence-corrected chi connectivity index (χ1v) is 6.45. The highest BCUT2D eigenvalue weighted by Gasteiger charge is 2.02. The normalized spacial score (nSPS) is 9.85. The molecule has 0 radical (unpaired) electrons. The quantitative estimate of drug-likeness (QED) is 0.876. The van der Waals surface area contributed by atoms with Crippen LogP contribution in [0.3, 0.4) is 0 Å². The van der Waals surface area contributed by atoms with Crippen LogP contribution in [0.15, 0.2) is 48.7 Å². The fourth-order valence-electron chi connectivity index (χ4n) is 1.64. The molecule has 1 aromatic carbocycles. The zero-order valence-electron chi connectivity index (χ0n) is 11.3. The molecule has 0 saturated carbocycles. The first kappa shape index (κ1) is 13.9. The van der Waals surface area contributed by atoms with E-state index in [1.807, 2.05) is 24.3 Å². The standard InChI is InChI=1S/C15H17N3O2/c1-2-20-15(19)18-14-9-8-13(11-17-14)16-10-12-6-4-3-5-7-12/h3-9,11,16H,2,10H2,1H3,(H,17,18,19). The summed E-state index contributed by atoms with van der Waals surface area (Å²) in [4.78, 5) is 15.4. The Morgan fingerprint density at radius 1 is 1.20 bits per heavy atom. The van der Waals surface area contributed by atoms with Crippen LogP contribution in [0.5, 0.6) is 0 Å². The number of nitrogens with zero attached hydrogens (tertiary/aromatic N) is 1. The molecule has 1 heterocycles. The van der Waals surface area contributed by atoms with Crippen molar-refractivity contribution in [3.05, 3.63) is 54.2 Å². The predicted molar refractivity (Wildman–Crippen MR) is 78.7 cm³/mol. The lowest BCUT2D eigenvalue weighted by atomic mass is 10.2. The minimum atomic E-state index is -0.495. The second-order valence-electron chi connectivity index (χ2n) is 4.12. The van der Waals surface area contributed by atoms with Gasteiger partial charge in [-0.25, -0.2) is 9.78 Å². The molecule has 0 unspecified atom stereocenters. The van der Waals surface area contributed by atoms with Crippen LogP contribution in [-0.4, -0.2) is 17.7 Å². The molecule has 0 fully saturated rings. The maximum absolute atomic E-state index is 11.2. The van der Waals surface area contributed by atoms with Crippen LogP contribution >= 0.6 is 0 Å². The number of nitrogens with one attached hydrogen (secondary N) is 2. The molecule has 0 bridgehead atoms. The van der Waals surface area contributed by atoms with E-state index < -0.39 is 6.09 Å². The summed E-state index contributed by atoms with van der Waals surface area (Å²) < 4.78 is 4.78. The lowest BCUT2D eigenvalue weighted by Crippen LogP contribution is -2.14. The molecule has 20 heavy (non-hydrogen) atoms. The first-order valence-electron chi connectivity index (χ1n) is 6.45. The van der Waals surface area contributed by atoms with Crippen molar-refractivity contribution in [2.45, 2.75) is 13.5 Å². The highest BCUT2D eigenvalue weighted by molar-refractivity contribution is 5.83. The Balaban J connectivity index is 1.87. The molecule has 5 nitrogen and oxygen atoms in total. The van der Waals surface area contributed by atoms with E-state index in [2.05, 4.69) is 27.8 Å². The minimum Gasteiger partial charge on any atom is -0.450 e. The number of anilines is 2. The summed E-state index contributed by atoms with van der Waals surface area (Å²) in [5.41, 5.74) is 2.09. The van der Waals surface area contributed by atoms with Crippen molar-refractivity contribution >= 4 is 17.6 Å². The van der Waals surface area contributed by atoms with Crippen LogP contribution in [0.4, 0.5) is 16.3 Å². The molecule has 1 amide bonds. The summed E-state index contributed by atoms with van der Waals surface area (Å²) in [5.74, 6) is 0.466. The van der Waals surface area contributed by atoms with Gasteiger partial charge in [0.2, 0.25) is 0 Å². The molecule has 0 aliphatic rings. The van der Waals surface area contributed by atoms with Gasteiger partial charge in [-0.2, -0.15) is 0 Å². The molecule has 0 aliphatic heterocycles. The van der Waals surface area contributed by atoms with Crippen molar-refractivity contribution in [1.29, 1.82) is 0 Å². The second-order valence-corrected chi connectivity index (χ2v) is 4.12. The van der Waals surface area contributed by atoms with Crippen LogP contribution in [0.2, 0.25) is 0 Å². The topological polar surface area (TPSA) is 63.2 Å². The number of carbonyl (C=O) groups is 1. The number of benzene rings is 1. The number of hydrogen-bond acceptors (Lipinski definition) is 4. The summed E-state index contributed by atoms with van der Waals surface area (Å²) in [6.45, 7) is 2.82. The van der Waals surface area contributed by atoms with Crippen LogP contribution in [0.25, 0.3) is 0 Å². The van der Waals surface area contributed by atoms with Gasteiger partial charge in [-0.3, -0.25) is 5.32 Å². The molecule has 0 atom stereocenters. The van der Waals surface area contributed by atoms with E-state index in [1.54, 1.807) is 19.2 Å². The summed E-state index contributed by atoms with van der Waals surface area (Å²) in [7, 11) is 0. The Labute approximate surface area is 118 Å². The third kappa shape index (κ3) is 4.28. The zero-order chi connectivity index (χ0) is 14.2. The monoisotopic (exact) mass is 271 g/mol. The van der Waals surface area contributed by atoms with Gasteiger partial charge in [0, 0.05) is 6.54 Å². The number of hydrogen-bond donors (Lipinski definition) is 2. The second kappa shape index (κ2) is 7.13. The third-order valence-electron chi connectivity index (χ3n) is 2.61. The van der Waals surface area contributed by atoms with E-state index in [1.165, 1.54) is 5.56 Å². The van der Waals surface area contributed by atoms with Gasteiger partial charge in [-0.1, -0.05) is 30.3 Å². The molecular formula is C15H17N3O2. The molecule has 0 spiro atoms. The summed E-state index contributed by atoms with van der Waals surface area (Å²) in [6.07, 6.45) is 1.18. The van der Waals surface area contributed by atoms with Crippen molar-refractivity contribution < 1.29 is 9.53 Å². The third-order valence-corrected chi connectivity index (χ3v) is 2.61. The highest BCUT2D eigenvalue weighted by atomic mass is 16.5. The van der Waals surface area contributed by atoms with Gasteiger partial charge in [0.15, 0.2) is 0 Å². The van der Waals surface area contributed by atoms with Crippen LogP contribution in [0, 0.1) is 0 Å². The molecule has 0 saturated heterocycles. The molecule has 2 N–H and O–H groups in total. The number of pyridine rings is 1. The number of rotatable bonds is 5. The van der Waals surface area contributed by atoms with Gasteiger partial charge in [0.1, 0.15) is 5.82 Å². The smallest absolute Gasteiger partial charge is 0.412 e. The lowest BCUT2D eigenvalue weighted by Gasteiger charge is -2.08. The lowest BCUT2D eigenvalue weighted by molar-refractivity contribution is 0.168. The summed E-state index contributed by atoms with van der Waals surface area (Å²) >= 11 is 0. The Hall–Kier alpha value is -2.56. The van der Waals surface area contributed by atoms with Crippen LogP contribution < -0.4 is 10.6 Å². The summed E-state index contributed by atoms with van der Waals surface area (Å²) in [6, 6.07) is 13.7. The molecule has 104 valence electrons.